The molecule has 0 aliphatic rings. The van der Waals surface area contributed by atoms with Gasteiger partial charge in [0.05, 0.1) is 5.69 Å². The number of carbonyl (C=O) groups is 4. The zero-order valence-corrected chi connectivity index (χ0v) is 28.7. The van der Waals surface area contributed by atoms with Crippen LogP contribution in [0, 0.1) is 11.8 Å². The first kappa shape index (κ1) is 45.7. The van der Waals surface area contributed by atoms with E-state index in [1.54, 1.807) is 45.2 Å². The number of thiophene rings is 1. The van der Waals surface area contributed by atoms with E-state index in [4.69, 9.17) is 34.8 Å². The second kappa shape index (κ2) is 24.5. The first-order valence-electron chi connectivity index (χ1n) is 13.8. The van der Waals surface area contributed by atoms with Gasteiger partial charge in [-0.2, -0.15) is 0 Å². The summed E-state index contributed by atoms with van der Waals surface area (Å²) < 4.78 is 5.29. The molecule has 15 heteroatoms. The predicted octanol–water partition coefficient (Wildman–Crippen LogP) is 8.34. The van der Waals surface area contributed by atoms with E-state index in [2.05, 4.69) is 62.1 Å². The Kier molecular flexibility index (Phi) is 24.4. The molecule has 0 aliphatic carbocycles. The highest BCUT2D eigenvalue weighted by atomic mass is 32.1. The van der Waals surface area contributed by atoms with Gasteiger partial charge in [0.15, 0.2) is 0 Å². The molecule has 14 nitrogen and oxygen atoms in total. The maximum atomic E-state index is 12.9. The molecule has 0 saturated carbocycles. The van der Waals surface area contributed by atoms with Crippen molar-refractivity contribution in [3.8, 4) is 11.3 Å². The summed E-state index contributed by atoms with van der Waals surface area (Å²) in [4.78, 5) is 51.0. The maximum absolute atomic E-state index is 12.9. The van der Waals surface area contributed by atoms with E-state index in [9.17, 15) is 9.59 Å². The lowest BCUT2D eigenvalue weighted by Crippen LogP contribution is -2.39. The molecule has 1 atom stereocenters. The highest BCUT2D eigenvalue weighted by Gasteiger charge is 2.26. The molecule has 2 aromatic heterocycles. The van der Waals surface area contributed by atoms with Gasteiger partial charge < -0.3 is 41.9 Å². The van der Waals surface area contributed by atoms with Crippen LogP contribution in [0.2, 0.25) is 0 Å². The van der Waals surface area contributed by atoms with Gasteiger partial charge in [0.2, 0.25) is 0 Å². The number of hydrogen-bond acceptors (Lipinski definition) is 9. The molecule has 0 unspecified atom stereocenters. The largest absolute Gasteiger partial charge is 0.503 e. The third kappa shape index (κ3) is 28.0. The minimum atomic E-state index is -1.83. The van der Waals surface area contributed by atoms with Crippen molar-refractivity contribution in [3.63, 3.8) is 0 Å². The van der Waals surface area contributed by atoms with Crippen LogP contribution in [-0.4, -0.2) is 60.3 Å². The summed E-state index contributed by atoms with van der Waals surface area (Å²) >= 11 is 1.38. The number of nitrogens with one attached hydrogen (secondary N) is 2. The van der Waals surface area contributed by atoms with Crippen molar-refractivity contribution in [1.82, 2.24) is 21.4 Å². The van der Waals surface area contributed by atoms with E-state index in [1.165, 1.54) is 17.7 Å². The summed E-state index contributed by atoms with van der Waals surface area (Å²) in [5.41, 5.74) is 1.66. The Balaban J connectivity index is -0.000000907. The molecule has 3 rings (SSSR count). The van der Waals surface area contributed by atoms with Gasteiger partial charge in [-0.05, 0) is 62.3 Å². The number of rotatable bonds is 5. The zero-order valence-electron chi connectivity index (χ0n) is 27.8. The van der Waals surface area contributed by atoms with Crippen molar-refractivity contribution < 1.29 is 44.3 Å². The monoisotopic (exact) mass is 667 g/mol. The Labute approximate surface area is 274 Å². The standard InChI is InChI=1S/C21H22N4O3S.2C4H10.2CH2O3.H3N/c1-21(2,3)28-20(27)25-18(17-5-4-12-29-17)19(26)24-15-8-6-14(7-9-15)16-10-11-22-13-23-16;2*1-4(2)3;2*2-1(3)4;/h4-13,18H,1-3H3,(H,24,26)(H,25,27);2*4H,1-3H3;2*(H2,2,3,4);1H3/t18-;;;;;/m1...../s1. The third-order valence-corrected chi connectivity index (χ3v) is 4.72. The lowest BCUT2D eigenvalue weighted by atomic mass is 10.1. The molecule has 258 valence electrons. The average Bonchev–Trinajstić information content (AvgIpc) is 3.41. The molecule has 0 saturated heterocycles. The molecule has 2 amide bonds. The van der Waals surface area contributed by atoms with Gasteiger partial charge in [-0.15, -0.1) is 11.3 Å². The summed E-state index contributed by atoms with van der Waals surface area (Å²) in [5.74, 6) is 1.31. The van der Waals surface area contributed by atoms with Crippen molar-refractivity contribution in [2.24, 2.45) is 11.8 Å². The topological polar surface area (TPSA) is 243 Å². The van der Waals surface area contributed by atoms with E-state index in [1.807, 2.05) is 29.6 Å². The van der Waals surface area contributed by atoms with Crippen LogP contribution in [0.1, 0.15) is 73.2 Å². The lowest BCUT2D eigenvalue weighted by Gasteiger charge is -2.23. The van der Waals surface area contributed by atoms with Crippen LogP contribution in [0.4, 0.5) is 20.1 Å². The van der Waals surface area contributed by atoms with Crippen molar-refractivity contribution >= 4 is 41.3 Å². The van der Waals surface area contributed by atoms with Gasteiger partial charge in [-0.25, -0.2) is 24.4 Å². The number of alkyl carbamates (subject to hydrolysis) is 1. The molecule has 3 aromatic rings. The van der Waals surface area contributed by atoms with Crippen LogP contribution in [0.25, 0.3) is 11.3 Å². The number of ether oxygens (including phenoxy) is 1. The molecular weight excluding hydrogens is 618 g/mol. The van der Waals surface area contributed by atoms with Gasteiger partial charge in [0.25, 0.3) is 5.91 Å². The molecule has 9 N–H and O–H groups in total. The number of amides is 2. The van der Waals surface area contributed by atoms with Gasteiger partial charge in [-0.3, -0.25) is 4.79 Å². The SMILES string of the molecule is CC(C)(C)OC(=O)N[C@@H](C(=O)Nc1ccc(-c2ccncn2)cc1)c1cccs1.CC(C)C.CC(C)C.N.O=C(O)O.O=C(O)O. The Morgan fingerprint density at radius 1 is 0.826 bits per heavy atom. The molecule has 0 bridgehead atoms. The van der Waals surface area contributed by atoms with Gasteiger partial charge >= 0.3 is 18.4 Å². The van der Waals surface area contributed by atoms with E-state index in [-0.39, 0.29) is 12.1 Å². The van der Waals surface area contributed by atoms with Gasteiger partial charge in [0, 0.05) is 22.3 Å². The van der Waals surface area contributed by atoms with Crippen molar-refractivity contribution in [1.29, 1.82) is 0 Å². The van der Waals surface area contributed by atoms with Crippen molar-refractivity contribution in [2.45, 2.75) is 74.0 Å². The Morgan fingerprint density at radius 2 is 1.30 bits per heavy atom. The van der Waals surface area contributed by atoms with Crippen LogP contribution in [0.15, 0.2) is 60.4 Å². The van der Waals surface area contributed by atoms with Gasteiger partial charge in [-0.1, -0.05) is 59.7 Å². The molecule has 46 heavy (non-hydrogen) atoms. The van der Waals surface area contributed by atoms with E-state index in [0.717, 1.165) is 23.1 Å². The number of carboxylic acid groups (broad SMARTS) is 4. The van der Waals surface area contributed by atoms with Crippen LogP contribution in [0.5, 0.6) is 0 Å². The maximum Gasteiger partial charge on any atom is 0.503 e. The van der Waals surface area contributed by atoms with E-state index < -0.39 is 30.0 Å². The lowest BCUT2D eigenvalue weighted by molar-refractivity contribution is -0.118. The van der Waals surface area contributed by atoms with Crippen LogP contribution < -0.4 is 16.8 Å². The first-order valence-corrected chi connectivity index (χ1v) is 14.7. The number of aromatic nitrogens is 2. The van der Waals surface area contributed by atoms with Crippen LogP contribution in [-0.2, 0) is 9.53 Å². The summed E-state index contributed by atoms with van der Waals surface area (Å²) in [6.07, 6.45) is -1.16. The number of nitrogens with zero attached hydrogens (tertiary/aromatic N) is 2. The average molecular weight is 668 g/mol. The second-order valence-electron chi connectivity index (χ2n) is 11.3. The molecule has 1 aromatic carbocycles. The van der Waals surface area contributed by atoms with Crippen LogP contribution in [0.3, 0.4) is 0 Å². The summed E-state index contributed by atoms with van der Waals surface area (Å²) in [6.45, 7) is 18.3. The molecule has 0 spiro atoms. The minimum absolute atomic E-state index is 0. The van der Waals surface area contributed by atoms with Crippen molar-refractivity contribution in [3.05, 3.63) is 65.2 Å². The summed E-state index contributed by atoms with van der Waals surface area (Å²) in [6, 6.07) is 11.9. The molecule has 0 fully saturated rings. The van der Waals surface area contributed by atoms with Crippen LogP contribution >= 0.6 is 11.3 Å². The molecule has 2 heterocycles. The summed E-state index contributed by atoms with van der Waals surface area (Å²) in [5, 5.41) is 35.2. The minimum Gasteiger partial charge on any atom is -0.450 e. The molecule has 0 aliphatic heterocycles. The normalized spacial score (nSPS) is 10.2. The smallest absolute Gasteiger partial charge is 0.450 e. The Bertz CT molecular complexity index is 1220. The quantitative estimate of drug-likeness (QED) is 0.136. The highest BCUT2D eigenvalue weighted by Crippen LogP contribution is 2.23. The first-order chi connectivity index (χ1) is 20.7. The predicted molar refractivity (Wildman–Crippen MR) is 180 cm³/mol. The van der Waals surface area contributed by atoms with E-state index in [0.29, 0.717) is 10.6 Å². The Hall–Kier alpha value is -4.76. The molecular formula is C31H49N5O9S. The Morgan fingerprint density at radius 3 is 1.67 bits per heavy atom. The fourth-order valence-electron chi connectivity index (χ4n) is 2.55. The molecule has 0 radical (unpaired) electrons. The third-order valence-electron chi connectivity index (χ3n) is 3.78. The van der Waals surface area contributed by atoms with E-state index >= 15 is 0 Å². The highest BCUT2D eigenvalue weighted by molar-refractivity contribution is 7.10. The summed E-state index contributed by atoms with van der Waals surface area (Å²) in [7, 11) is 0. The number of hydrogen-bond donors (Lipinski definition) is 7. The van der Waals surface area contributed by atoms with Gasteiger partial charge in [0.1, 0.15) is 18.0 Å². The fraction of sp³-hybridized carbons (Fsp3) is 0.419. The number of anilines is 1. The second-order valence-corrected chi connectivity index (χ2v) is 12.3. The fourth-order valence-corrected chi connectivity index (χ4v) is 3.32. The van der Waals surface area contributed by atoms with Crippen molar-refractivity contribution in [2.75, 3.05) is 5.32 Å². The number of carbonyl (C=O) groups excluding carboxylic acids is 2. The zero-order chi connectivity index (χ0) is 35.2. The number of benzene rings is 1.